The van der Waals surface area contributed by atoms with E-state index in [-0.39, 0.29) is 35.7 Å². The van der Waals surface area contributed by atoms with Crippen molar-refractivity contribution in [3.8, 4) is 5.75 Å². The normalized spacial score (nSPS) is 20.9. The van der Waals surface area contributed by atoms with Crippen LogP contribution in [-0.4, -0.2) is 79.5 Å². The summed E-state index contributed by atoms with van der Waals surface area (Å²) in [5, 5.41) is 20.0. The first-order valence-electron chi connectivity index (χ1n) is 8.50. The van der Waals surface area contributed by atoms with Gasteiger partial charge in [0.2, 0.25) is 0 Å². The Morgan fingerprint density at radius 3 is 2.76 bits per heavy atom. The fourth-order valence-corrected chi connectivity index (χ4v) is 3.55. The van der Waals surface area contributed by atoms with Gasteiger partial charge in [0.05, 0.1) is 12.2 Å². The van der Waals surface area contributed by atoms with Crippen molar-refractivity contribution in [1.29, 1.82) is 0 Å². The molecule has 25 heavy (non-hydrogen) atoms. The van der Waals surface area contributed by atoms with Crippen molar-refractivity contribution in [2.75, 3.05) is 53.6 Å². The summed E-state index contributed by atoms with van der Waals surface area (Å²) in [6.45, 7) is 3.46. The molecule has 1 heterocycles. The fourth-order valence-electron chi connectivity index (χ4n) is 3.38. The van der Waals surface area contributed by atoms with E-state index in [0.717, 1.165) is 19.5 Å². The highest BCUT2D eigenvalue weighted by atomic mass is 35.5. The first kappa shape index (κ1) is 20.0. The summed E-state index contributed by atoms with van der Waals surface area (Å²) >= 11 is 5.84. The summed E-state index contributed by atoms with van der Waals surface area (Å²) in [5.41, 5.74) is 0.245. The number of aromatic hydroxyl groups is 1. The smallest absolute Gasteiger partial charge is 0.257 e. The lowest BCUT2D eigenvalue weighted by Crippen LogP contribution is -2.47. The Hall–Kier alpha value is -1.34. The summed E-state index contributed by atoms with van der Waals surface area (Å²) in [6, 6.07) is 4.51. The lowest BCUT2D eigenvalue weighted by atomic mass is 9.88. The van der Waals surface area contributed by atoms with Gasteiger partial charge in [-0.25, -0.2) is 0 Å². The van der Waals surface area contributed by atoms with Crippen LogP contribution in [0.2, 0.25) is 5.02 Å². The molecule has 0 unspecified atom stereocenters. The van der Waals surface area contributed by atoms with E-state index in [4.69, 9.17) is 16.3 Å². The number of likely N-dealkylation sites (tertiary alicyclic amines) is 1. The molecule has 1 saturated heterocycles. The standard InChI is InChI=1S/C18H27ClN2O4/c1-20(5-6-25-2)9-13-7-14(12-22)11-21(10-13)18(24)16-4-3-15(19)8-17(16)23/h3-4,8,13-14,22-23H,5-7,9-12H2,1-2H3/t13-,14+/m1/s1. The number of halogens is 1. The number of aliphatic hydroxyl groups is 1. The zero-order valence-corrected chi connectivity index (χ0v) is 15.6. The van der Waals surface area contributed by atoms with Crippen molar-refractivity contribution in [2.45, 2.75) is 6.42 Å². The van der Waals surface area contributed by atoms with E-state index in [9.17, 15) is 15.0 Å². The number of carbonyl (C=O) groups is 1. The molecule has 0 aromatic heterocycles. The van der Waals surface area contributed by atoms with Crippen LogP contribution in [0.1, 0.15) is 16.8 Å². The van der Waals surface area contributed by atoms with Gasteiger partial charge in [-0.2, -0.15) is 0 Å². The van der Waals surface area contributed by atoms with Gasteiger partial charge in [-0.05, 0) is 43.5 Å². The molecule has 1 fully saturated rings. The largest absolute Gasteiger partial charge is 0.507 e. The Kier molecular flexibility index (Phi) is 7.50. The van der Waals surface area contributed by atoms with Crippen molar-refractivity contribution >= 4 is 17.5 Å². The number of hydrogen-bond donors (Lipinski definition) is 2. The van der Waals surface area contributed by atoms with Crippen molar-refractivity contribution in [2.24, 2.45) is 11.8 Å². The van der Waals surface area contributed by atoms with E-state index in [1.165, 1.54) is 6.07 Å². The Bertz CT molecular complexity index is 584. The van der Waals surface area contributed by atoms with E-state index in [1.807, 2.05) is 7.05 Å². The third-order valence-electron chi connectivity index (χ3n) is 4.61. The van der Waals surface area contributed by atoms with E-state index in [0.29, 0.717) is 24.7 Å². The predicted molar refractivity (Wildman–Crippen MR) is 97.1 cm³/mol. The minimum atomic E-state index is -0.225. The zero-order chi connectivity index (χ0) is 18.4. The van der Waals surface area contributed by atoms with E-state index >= 15 is 0 Å². The maximum atomic E-state index is 12.8. The number of carbonyl (C=O) groups excluding carboxylic acids is 1. The molecule has 0 saturated carbocycles. The van der Waals surface area contributed by atoms with Crippen molar-refractivity contribution < 1.29 is 19.7 Å². The minimum absolute atomic E-state index is 0.0490. The van der Waals surface area contributed by atoms with Gasteiger partial charge in [0.15, 0.2) is 0 Å². The van der Waals surface area contributed by atoms with Crippen molar-refractivity contribution in [3.05, 3.63) is 28.8 Å². The molecular formula is C18H27ClN2O4. The fraction of sp³-hybridized carbons (Fsp3) is 0.611. The molecule has 1 aliphatic rings. The highest BCUT2D eigenvalue weighted by Crippen LogP contribution is 2.27. The maximum absolute atomic E-state index is 12.8. The molecule has 2 atom stereocenters. The number of likely N-dealkylation sites (N-methyl/N-ethyl adjacent to an activating group) is 1. The summed E-state index contributed by atoms with van der Waals surface area (Å²) in [7, 11) is 3.70. The van der Waals surface area contributed by atoms with Gasteiger partial charge in [0.1, 0.15) is 5.75 Å². The molecule has 2 N–H and O–H groups in total. The van der Waals surface area contributed by atoms with Gasteiger partial charge in [0.25, 0.3) is 5.91 Å². The number of rotatable bonds is 7. The van der Waals surface area contributed by atoms with Gasteiger partial charge < -0.3 is 24.7 Å². The average Bonchev–Trinajstić information content (AvgIpc) is 2.59. The highest BCUT2D eigenvalue weighted by molar-refractivity contribution is 6.30. The second-order valence-corrected chi connectivity index (χ2v) is 7.21. The van der Waals surface area contributed by atoms with Gasteiger partial charge in [-0.3, -0.25) is 4.79 Å². The van der Waals surface area contributed by atoms with Crippen LogP contribution in [0.5, 0.6) is 5.75 Å². The van der Waals surface area contributed by atoms with Gasteiger partial charge in [0, 0.05) is 44.9 Å². The topological polar surface area (TPSA) is 73.2 Å². The van der Waals surface area contributed by atoms with Crippen LogP contribution < -0.4 is 0 Å². The second-order valence-electron chi connectivity index (χ2n) is 6.78. The predicted octanol–water partition coefficient (Wildman–Crippen LogP) is 1.69. The van der Waals surface area contributed by atoms with Crippen LogP contribution in [0, 0.1) is 11.8 Å². The van der Waals surface area contributed by atoms with Gasteiger partial charge in [-0.1, -0.05) is 11.6 Å². The molecule has 6 nitrogen and oxygen atoms in total. The Morgan fingerprint density at radius 1 is 1.40 bits per heavy atom. The van der Waals surface area contributed by atoms with Crippen LogP contribution in [0.25, 0.3) is 0 Å². The Balaban J connectivity index is 2.07. The van der Waals surface area contributed by atoms with Crippen LogP contribution in [0.3, 0.4) is 0 Å². The molecule has 2 rings (SSSR count). The summed E-state index contributed by atoms with van der Waals surface area (Å²) in [6.07, 6.45) is 0.879. The number of methoxy groups -OCH3 is 1. The number of aliphatic hydroxyl groups excluding tert-OH is 1. The zero-order valence-electron chi connectivity index (χ0n) is 14.8. The lowest BCUT2D eigenvalue weighted by molar-refractivity contribution is 0.0448. The van der Waals surface area contributed by atoms with E-state index < -0.39 is 0 Å². The first-order valence-corrected chi connectivity index (χ1v) is 8.88. The number of amides is 1. The third kappa shape index (κ3) is 5.57. The van der Waals surface area contributed by atoms with Crippen molar-refractivity contribution in [3.63, 3.8) is 0 Å². The number of piperidine rings is 1. The van der Waals surface area contributed by atoms with Crippen LogP contribution in [0.15, 0.2) is 18.2 Å². The number of nitrogens with zero attached hydrogens (tertiary/aromatic N) is 2. The molecule has 1 aliphatic heterocycles. The minimum Gasteiger partial charge on any atom is -0.507 e. The molecular weight excluding hydrogens is 344 g/mol. The third-order valence-corrected chi connectivity index (χ3v) is 4.84. The molecule has 1 aromatic carbocycles. The molecule has 0 bridgehead atoms. The molecule has 1 aromatic rings. The highest BCUT2D eigenvalue weighted by Gasteiger charge is 2.31. The number of benzene rings is 1. The number of hydrogen-bond acceptors (Lipinski definition) is 5. The number of phenols is 1. The first-order chi connectivity index (χ1) is 11.9. The lowest BCUT2D eigenvalue weighted by Gasteiger charge is -2.38. The van der Waals surface area contributed by atoms with E-state index in [1.54, 1.807) is 24.1 Å². The molecule has 140 valence electrons. The SMILES string of the molecule is COCCN(C)C[C@H]1C[C@H](CO)CN(C(=O)c2ccc(Cl)cc2O)C1. The van der Waals surface area contributed by atoms with Gasteiger partial charge in [-0.15, -0.1) is 0 Å². The summed E-state index contributed by atoms with van der Waals surface area (Å²) < 4.78 is 5.10. The number of ether oxygens (including phenoxy) is 1. The molecule has 0 aliphatic carbocycles. The van der Waals surface area contributed by atoms with Crippen molar-refractivity contribution in [1.82, 2.24) is 9.80 Å². The Morgan fingerprint density at radius 2 is 2.12 bits per heavy atom. The Labute approximate surface area is 153 Å². The second kappa shape index (κ2) is 9.38. The quantitative estimate of drug-likeness (QED) is 0.764. The van der Waals surface area contributed by atoms with Crippen LogP contribution in [0.4, 0.5) is 0 Å². The molecule has 0 radical (unpaired) electrons. The number of phenolic OH excluding ortho intramolecular Hbond substituents is 1. The molecule has 1 amide bonds. The van der Waals surface area contributed by atoms with E-state index in [2.05, 4.69) is 4.90 Å². The molecule has 7 heteroatoms. The average molecular weight is 371 g/mol. The summed E-state index contributed by atoms with van der Waals surface area (Å²) in [5.74, 6) is -0.0200. The van der Waals surface area contributed by atoms with Crippen LogP contribution >= 0.6 is 11.6 Å². The van der Waals surface area contributed by atoms with Crippen LogP contribution in [-0.2, 0) is 4.74 Å². The summed E-state index contributed by atoms with van der Waals surface area (Å²) in [4.78, 5) is 16.7. The van der Waals surface area contributed by atoms with Gasteiger partial charge >= 0.3 is 0 Å². The maximum Gasteiger partial charge on any atom is 0.257 e. The monoisotopic (exact) mass is 370 g/mol. The molecule has 0 spiro atoms.